The van der Waals surface area contributed by atoms with E-state index in [9.17, 15) is 0 Å². The first-order valence-electron chi connectivity index (χ1n) is 4.79. The second kappa shape index (κ2) is 8.54. The Morgan fingerprint density at radius 1 is 1.00 bits per heavy atom. The standard InChI is InChI=1S/C11H21N/c1-4-7-10-12(9-6-3)11-8-5-2/h4-5,7-8H,6,9-11H2,1-3H3. The molecule has 12 heavy (non-hydrogen) atoms. The van der Waals surface area contributed by atoms with Gasteiger partial charge in [-0.2, -0.15) is 0 Å². The van der Waals surface area contributed by atoms with Gasteiger partial charge in [-0.25, -0.2) is 0 Å². The van der Waals surface area contributed by atoms with E-state index in [0.29, 0.717) is 0 Å². The minimum atomic E-state index is 1.08. The van der Waals surface area contributed by atoms with Crippen LogP contribution < -0.4 is 0 Å². The third-order valence-electron chi connectivity index (χ3n) is 1.74. The minimum Gasteiger partial charge on any atom is -0.296 e. The number of hydrogen-bond acceptors (Lipinski definition) is 1. The molecule has 0 unspecified atom stereocenters. The number of rotatable bonds is 6. The Hall–Kier alpha value is -0.560. The lowest BCUT2D eigenvalue weighted by atomic mass is 10.3. The van der Waals surface area contributed by atoms with Crippen LogP contribution in [0.25, 0.3) is 0 Å². The van der Waals surface area contributed by atoms with E-state index in [1.165, 1.54) is 13.0 Å². The van der Waals surface area contributed by atoms with E-state index < -0.39 is 0 Å². The van der Waals surface area contributed by atoms with Crippen molar-refractivity contribution in [3.8, 4) is 0 Å². The topological polar surface area (TPSA) is 3.24 Å². The van der Waals surface area contributed by atoms with E-state index in [-0.39, 0.29) is 0 Å². The van der Waals surface area contributed by atoms with E-state index in [0.717, 1.165) is 13.1 Å². The molecule has 0 rings (SSSR count). The molecule has 0 amide bonds. The fourth-order valence-corrected chi connectivity index (χ4v) is 1.08. The number of allylic oxidation sites excluding steroid dienone is 2. The van der Waals surface area contributed by atoms with Gasteiger partial charge in [0.1, 0.15) is 0 Å². The lowest BCUT2D eigenvalue weighted by Crippen LogP contribution is -2.24. The van der Waals surface area contributed by atoms with Crippen LogP contribution in [0.4, 0.5) is 0 Å². The van der Waals surface area contributed by atoms with Crippen molar-refractivity contribution >= 4 is 0 Å². The first-order valence-corrected chi connectivity index (χ1v) is 4.79. The van der Waals surface area contributed by atoms with Crippen molar-refractivity contribution in [3.63, 3.8) is 0 Å². The molecule has 0 fully saturated rings. The van der Waals surface area contributed by atoms with Crippen LogP contribution in [0.5, 0.6) is 0 Å². The van der Waals surface area contributed by atoms with Crippen molar-refractivity contribution in [2.24, 2.45) is 0 Å². The molecule has 0 aromatic carbocycles. The lowest BCUT2D eigenvalue weighted by molar-refractivity contribution is 0.335. The first kappa shape index (κ1) is 11.4. The first-order chi connectivity index (χ1) is 5.85. The molecule has 0 spiro atoms. The second-order valence-electron chi connectivity index (χ2n) is 2.90. The van der Waals surface area contributed by atoms with Crippen LogP contribution in [0.1, 0.15) is 27.2 Å². The predicted molar refractivity (Wildman–Crippen MR) is 56.4 cm³/mol. The maximum Gasteiger partial charge on any atom is 0.0166 e. The molecule has 0 aliphatic rings. The van der Waals surface area contributed by atoms with Crippen LogP contribution in [0.3, 0.4) is 0 Å². The molecule has 0 aliphatic heterocycles. The molecule has 1 heteroatoms. The summed E-state index contributed by atoms with van der Waals surface area (Å²) in [5.74, 6) is 0. The summed E-state index contributed by atoms with van der Waals surface area (Å²) in [6.45, 7) is 9.70. The summed E-state index contributed by atoms with van der Waals surface area (Å²) < 4.78 is 0. The summed E-state index contributed by atoms with van der Waals surface area (Å²) >= 11 is 0. The SMILES string of the molecule is CC=CCN(CC=CC)CCC. The van der Waals surface area contributed by atoms with Gasteiger partial charge in [0.2, 0.25) is 0 Å². The Labute approximate surface area is 76.8 Å². The summed E-state index contributed by atoms with van der Waals surface area (Å²) in [6.07, 6.45) is 9.87. The minimum absolute atomic E-state index is 1.08. The maximum absolute atomic E-state index is 2.43. The Bertz CT molecular complexity index is 122. The molecule has 0 atom stereocenters. The average Bonchev–Trinajstić information content (AvgIpc) is 2.10. The average molecular weight is 167 g/mol. The van der Waals surface area contributed by atoms with Gasteiger partial charge in [0.15, 0.2) is 0 Å². The maximum atomic E-state index is 2.43. The van der Waals surface area contributed by atoms with Gasteiger partial charge in [-0.15, -0.1) is 0 Å². The van der Waals surface area contributed by atoms with Crippen LogP contribution in [0.2, 0.25) is 0 Å². The number of hydrogen-bond donors (Lipinski definition) is 0. The molecule has 0 N–H and O–H groups in total. The second-order valence-corrected chi connectivity index (χ2v) is 2.90. The van der Waals surface area contributed by atoms with E-state index in [1.807, 2.05) is 0 Å². The Morgan fingerprint density at radius 3 is 1.83 bits per heavy atom. The van der Waals surface area contributed by atoms with Crippen LogP contribution in [0.15, 0.2) is 24.3 Å². The summed E-state index contributed by atoms with van der Waals surface area (Å²) in [7, 11) is 0. The molecule has 0 bridgehead atoms. The van der Waals surface area contributed by atoms with Gasteiger partial charge < -0.3 is 0 Å². The van der Waals surface area contributed by atoms with E-state index in [2.05, 4.69) is 50.0 Å². The fraction of sp³-hybridized carbons (Fsp3) is 0.636. The Kier molecular flexibility index (Phi) is 8.14. The Balaban J connectivity index is 3.68. The number of nitrogens with zero attached hydrogens (tertiary/aromatic N) is 1. The summed E-state index contributed by atoms with van der Waals surface area (Å²) in [5.41, 5.74) is 0. The molecule has 0 saturated heterocycles. The van der Waals surface area contributed by atoms with Gasteiger partial charge in [0.05, 0.1) is 0 Å². The van der Waals surface area contributed by atoms with Crippen LogP contribution >= 0.6 is 0 Å². The van der Waals surface area contributed by atoms with Gasteiger partial charge in [-0.05, 0) is 26.8 Å². The van der Waals surface area contributed by atoms with Gasteiger partial charge >= 0.3 is 0 Å². The summed E-state index contributed by atoms with van der Waals surface area (Å²) in [4.78, 5) is 2.43. The van der Waals surface area contributed by atoms with Crippen molar-refractivity contribution in [2.75, 3.05) is 19.6 Å². The van der Waals surface area contributed by atoms with Gasteiger partial charge in [0, 0.05) is 13.1 Å². The van der Waals surface area contributed by atoms with Gasteiger partial charge in [-0.1, -0.05) is 31.2 Å². The highest BCUT2D eigenvalue weighted by Gasteiger charge is 1.96. The molecule has 1 nitrogen and oxygen atoms in total. The van der Waals surface area contributed by atoms with Crippen molar-refractivity contribution < 1.29 is 0 Å². The van der Waals surface area contributed by atoms with Gasteiger partial charge in [0.25, 0.3) is 0 Å². The highest BCUT2D eigenvalue weighted by atomic mass is 15.1. The summed E-state index contributed by atoms with van der Waals surface area (Å²) in [6, 6.07) is 0. The largest absolute Gasteiger partial charge is 0.296 e. The molecule has 0 aromatic rings. The fourth-order valence-electron chi connectivity index (χ4n) is 1.08. The quantitative estimate of drug-likeness (QED) is 0.550. The normalized spacial score (nSPS) is 12.3. The smallest absolute Gasteiger partial charge is 0.0166 e. The zero-order chi connectivity index (χ0) is 9.23. The molecular weight excluding hydrogens is 146 g/mol. The molecule has 0 saturated carbocycles. The van der Waals surface area contributed by atoms with E-state index >= 15 is 0 Å². The zero-order valence-electron chi connectivity index (χ0n) is 8.59. The van der Waals surface area contributed by atoms with Gasteiger partial charge in [-0.3, -0.25) is 4.90 Å². The van der Waals surface area contributed by atoms with Crippen molar-refractivity contribution in [1.29, 1.82) is 0 Å². The molecule has 0 heterocycles. The molecule has 0 aromatic heterocycles. The lowest BCUT2D eigenvalue weighted by Gasteiger charge is -2.17. The van der Waals surface area contributed by atoms with Crippen molar-refractivity contribution in [2.45, 2.75) is 27.2 Å². The molecule has 0 aliphatic carbocycles. The van der Waals surface area contributed by atoms with Crippen molar-refractivity contribution in [1.82, 2.24) is 4.90 Å². The van der Waals surface area contributed by atoms with Crippen LogP contribution in [0, 0.1) is 0 Å². The third-order valence-corrected chi connectivity index (χ3v) is 1.74. The van der Waals surface area contributed by atoms with E-state index in [1.54, 1.807) is 0 Å². The third kappa shape index (κ3) is 6.17. The predicted octanol–water partition coefficient (Wildman–Crippen LogP) is 2.85. The van der Waals surface area contributed by atoms with Crippen LogP contribution in [-0.2, 0) is 0 Å². The molecule has 0 radical (unpaired) electrons. The van der Waals surface area contributed by atoms with Crippen LogP contribution in [-0.4, -0.2) is 24.5 Å². The van der Waals surface area contributed by atoms with Crippen molar-refractivity contribution in [3.05, 3.63) is 24.3 Å². The van der Waals surface area contributed by atoms with E-state index in [4.69, 9.17) is 0 Å². The zero-order valence-corrected chi connectivity index (χ0v) is 8.59. The molecular formula is C11H21N. The highest BCUT2D eigenvalue weighted by Crippen LogP contribution is 1.92. The highest BCUT2D eigenvalue weighted by molar-refractivity contribution is 4.86. The monoisotopic (exact) mass is 167 g/mol. The molecule has 70 valence electrons. The Morgan fingerprint density at radius 2 is 1.50 bits per heavy atom. The summed E-state index contributed by atoms with van der Waals surface area (Å²) in [5, 5.41) is 0.